The zero-order valence-corrected chi connectivity index (χ0v) is 25.1. The molecule has 1 N–H and O–H groups in total. The number of nitrogens with zero attached hydrogens (tertiary/aromatic N) is 2. The fraction of sp³-hybridized carbons (Fsp3) is 0.406. The number of likely N-dealkylation sites (tertiary alicyclic amines) is 1. The van der Waals surface area contributed by atoms with Gasteiger partial charge in [-0.2, -0.15) is 13.2 Å². The van der Waals surface area contributed by atoms with Crippen LogP contribution in [0.2, 0.25) is 5.02 Å². The highest BCUT2D eigenvalue weighted by Gasteiger charge is 2.39. The molecule has 228 valence electrons. The van der Waals surface area contributed by atoms with E-state index in [4.69, 9.17) is 11.6 Å². The lowest BCUT2D eigenvalue weighted by Crippen LogP contribution is -2.48. The number of carbonyl (C=O) groups is 1. The van der Waals surface area contributed by atoms with Crippen LogP contribution in [0.3, 0.4) is 0 Å². The second kappa shape index (κ2) is 11.4. The monoisotopic (exact) mass is 631 g/mol. The maximum absolute atomic E-state index is 13.5. The van der Waals surface area contributed by atoms with Crippen molar-refractivity contribution in [3.8, 4) is 0 Å². The summed E-state index contributed by atoms with van der Waals surface area (Å²) < 4.78 is 67.7. The van der Waals surface area contributed by atoms with Gasteiger partial charge in [0.05, 0.1) is 10.6 Å². The Morgan fingerprint density at radius 1 is 0.907 bits per heavy atom. The van der Waals surface area contributed by atoms with Gasteiger partial charge in [0.25, 0.3) is 5.91 Å². The summed E-state index contributed by atoms with van der Waals surface area (Å²) in [5.41, 5.74) is 2.69. The average Bonchev–Trinajstić information content (AvgIpc) is 3.38. The molecule has 2 saturated heterocycles. The van der Waals surface area contributed by atoms with Crippen LogP contribution in [0.15, 0.2) is 71.6 Å². The minimum atomic E-state index is -4.34. The molecular formula is C32H33ClF3N3O3S. The molecule has 1 spiro atoms. The number of fused-ring (bicyclic) bond motifs is 1. The van der Waals surface area contributed by atoms with Crippen LogP contribution in [0.25, 0.3) is 0 Å². The molecule has 1 aliphatic carbocycles. The van der Waals surface area contributed by atoms with Crippen molar-refractivity contribution in [3.05, 3.63) is 94.0 Å². The van der Waals surface area contributed by atoms with E-state index in [1.54, 1.807) is 30.3 Å². The highest BCUT2D eigenvalue weighted by molar-refractivity contribution is 7.89. The zero-order valence-electron chi connectivity index (χ0n) is 23.5. The number of benzene rings is 3. The van der Waals surface area contributed by atoms with Gasteiger partial charge in [0.15, 0.2) is 0 Å². The average molecular weight is 632 g/mol. The van der Waals surface area contributed by atoms with Gasteiger partial charge in [-0.3, -0.25) is 4.79 Å². The smallest absolute Gasteiger partial charge is 0.371 e. The molecule has 11 heteroatoms. The number of nitrogens with one attached hydrogen (secondary N) is 1. The number of hydrogen-bond donors (Lipinski definition) is 1. The maximum atomic E-state index is 13.5. The van der Waals surface area contributed by atoms with E-state index in [0.717, 1.165) is 74.1 Å². The van der Waals surface area contributed by atoms with Crippen molar-refractivity contribution in [2.24, 2.45) is 5.41 Å². The van der Waals surface area contributed by atoms with Gasteiger partial charge in [-0.05, 0) is 104 Å². The van der Waals surface area contributed by atoms with E-state index in [9.17, 15) is 26.4 Å². The van der Waals surface area contributed by atoms with Gasteiger partial charge in [-0.25, -0.2) is 13.1 Å². The summed E-state index contributed by atoms with van der Waals surface area (Å²) in [6, 6.07) is 16.8. The molecule has 0 saturated carbocycles. The summed E-state index contributed by atoms with van der Waals surface area (Å²) in [7, 11) is -3.84. The maximum Gasteiger partial charge on any atom is 0.416 e. The third kappa shape index (κ3) is 6.14. The van der Waals surface area contributed by atoms with E-state index < -0.39 is 27.8 Å². The first-order valence-corrected chi connectivity index (χ1v) is 16.4. The van der Waals surface area contributed by atoms with Crippen molar-refractivity contribution in [2.75, 3.05) is 31.1 Å². The Bertz CT molecular complexity index is 1610. The van der Waals surface area contributed by atoms with Crippen LogP contribution in [-0.2, 0) is 22.6 Å². The van der Waals surface area contributed by atoms with Crippen molar-refractivity contribution in [1.29, 1.82) is 0 Å². The van der Waals surface area contributed by atoms with Gasteiger partial charge in [0, 0.05) is 43.5 Å². The number of alkyl halides is 3. The fourth-order valence-corrected chi connectivity index (χ4v) is 8.51. The molecule has 0 bridgehead atoms. The number of rotatable bonds is 5. The van der Waals surface area contributed by atoms with Crippen LogP contribution < -0.4 is 9.62 Å². The van der Waals surface area contributed by atoms with E-state index in [1.165, 1.54) is 6.07 Å². The van der Waals surface area contributed by atoms with Crippen LogP contribution in [0.4, 0.5) is 18.9 Å². The number of halogens is 4. The van der Waals surface area contributed by atoms with Crippen LogP contribution in [0.5, 0.6) is 0 Å². The lowest BCUT2D eigenvalue weighted by molar-refractivity contribution is -0.137. The second-order valence-corrected chi connectivity index (χ2v) is 14.0. The molecule has 1 atom stereocenters. The van der Waals surface area contributed by atoms with Gasteiger partial charge in [0.1, 0.15) is 4.90 Å². The van der Waals surface area contributed by atoms with Crippen molar-refractivity contribution in [2.45, 2.75) is 55.6 Å². The Hall–Kier alpha value is -3.08. The highest BCUT2D eigenvalue weighted by Crippen LogP contribution is 2.43. The Labute approximate surface area is 254 Å². The molecule has 2 heterocycles. The Kier molecular flexibility index (Phi) is 7.98. The molecule has 0 aromatic heterocycles. The quantitative estimate of drug-likeness (QED) is 0.335. The second-order valence-electron chi connectivity index (χ2n) is 11.9. The molecule has 3 aromatic rings. The van der Waals surface area contributed by atoms with Gasteiger partial charge < -0.3 is 9.80 Å². The van der Waals surface area contributed by atoms with Gasteiger partial charge in [-0.15, -0.1) is 0 Å². The van der Waals surface area contributed by atoms with E-state index in [1.807, 2.05) is 23.1 Å². The molecule has 6 rings (SSSR count). The third-order valence-electron chi connectivity index (χ3n) is 9.39. The molecule has 2 fully saturated rings. The first kappa shape index (κ1) is 30.0. The van der Waals surface area contributed by atoms with Gasteiger partial charge in [-0.1, -0.05) is 29.8 Å². The molecule has 1 amide bonds. The molecular weight excluding hydrogens is 599 g/mol. The highest BCUT2D eigenvalue weighted by atomic mass is 35.5. The molecule has 1 unspecified atom stereocenters. The lowest BCUT2D eigenvalue weighted by Gasteiger charge is -2.47. The standard InChI is InChI=1S/C32H33ClF3N3O3S/c33-27-3-1-2-4-29(27)43(41,42)37-28-12-7-22-5-6-23(21-26(22)28)30(40)39-19-15-31(16-20-39)13-17-38(18-14-31)25-10-8-24(9-11-25)32(34,35)36/h1-6,8-11,21,28,37H,7,12-20H2. The molecule has 3 aliphatic rings. The van der Waals surface area contributed by atoms with E-state index in [-0.39, 0.29) is 21.2 Å². The summed E-state index contributed by atoms with van der Waals surface area (Å²) in [6.45, 7) is 2.82. The SMILES string of the molecule is O=C(c1ccc2c(c1)C(NS(=O)(=O)c1ccccc1Cl)CC2)N1CCC2(CC1)CCN(c1ccc(C(F)(F)F)cc1)CC2. The van der Waals surface area contributed by atoms with Crippen molar-refractivity contribution >= 4 is 33.2 Å². The van der Waals surface area contributed by atoms with Crippen molar-refractivity contribution in [3.63, 3.8) is 0 Å². The molecule has 0 radical (unpaired) electrons. The topological polar surface area (TPSA) is 69.7 Å². The Morgan fingerprint density at radius 2 is 1.56 bits per heavy atom. The number of anilines is 1. The Morgan fingerprint density at radius 3 is 2.21 bits per heavy atom. The molecule has 43 heavy (non-hydrogen) atoms. The predicted molar refractivity (Wildman–Crippen MR) is 160 cm³/mol. The number of amides is 1. The number of carbonyl (C=O) groups excluding carboxylic acids is 1. The van der Waals surface area contributed by atoms with Gasteiger partial charge >= 0.3 is 6.18 Å². The summed E-state index contributed by atoms with van der Waals surface area (Å²) in [4.78, 5) is 17.6. The van der Waals surface area contributed by atoms with Crippen LogP contribution in [0.1, 0.15) is 65.2 Å². The van der Waals surface area contributed by atoms with Crippen LogP contribution in [-0.4, -0.2) is 45.4 Å². The predicted octanol–water partition coefficient (Wildman–Crippen LogP) is 6.85. The first-order chi connectivity index (χ1) is 20.4. The van der Waals surface area contributed by atoms with Crippen molar-refractivity contribution in [1.82, 2.24) is 9.62 Å². The van der Waals surface area contributed by atoms with Crippen molar-refractivity contribution < 1.29 is 26.4 Å². The minimum Gasteiger partial charge on any atom is -0.371 e. The number of aryl methyl sites for hydroxylation is 1. The Balaban J connectivity index is 1.07. The molecule has 6 nitrogen and oxygen atoms in total. The van der Waals surface area contributed by atoms with Crippen LogP contribution >= 0.6 is 11.6 Å². The summed E-state index contributed by atoms with van der Waals surface area (Å²) in [6.07, 6.45) is 0.605. The first-order valence-electron chi connectivity index (χ1n) is 14.6. The van der Waals surface area contributed by atoms with Crippen LogP contribution in [0, 0.1) is 5.41 Å². The van der Waals surface area contributed by atoms with E-state index in [0.29, 0.717) is 25.1 Å². The lowest BCUT2D eigenvalue weighted by atomic mass is 9.71. The number of piperidine rings is 2. The zero-order chi connectivity index (χ0) is 30.4. The van der Waals surface area contributed by atoms with E-state index >= 15 is 0 Å². The largest absolute Gasteiger partial charge is 0.416 e. The summed E-state index contributed by atoms with van der Waals surface area (Å²) in [5, 5.41) is 0.158. The number of hydrogen-bond acceptors (Lipinski definition) is 4. The third-order valence-corrected chi connectivity index (χ3v) is 11.4. The molecule has 3 aromatic carbocycles. The minimum absolute atomic E-state index is 0.0322. The summed E-state index contributed by atoms with van der Waals surface area (Å²) in [5.74, 6) is -0.0561. The number of sulfonamides is 1. The molecule has 2 aliphatic heterocycles. The fourth-order valence-electron chi connectivity index (χ4n) is 6.74. The van der Waals surface area contributed by atoms with E-state index in [2.05, 4.69) is 9.62 Å². The normalized spacial score (nSPS) is 20.3. The summed E-state index contributed by atoms with van der Waals surface area (Å²) >= 11 is 6.15. The van der Waals surface area contributed by atoms with Gasteiger partial charge in [0.2, 0.25) is 10.0 Å².